The molecule has 0 aromatic heterocycles. The van der Waals surface area contributed by atoms with Crippen LogP contribution in [0, 0.1) is 6.92 Å². The Bertz CT molecular complexity index is 917. The number of aryl methyl sites for hydroxylation is 1. The maximum absolute atomic E-state index is 12.9. The molecule has 0 atom stereocenters. The number of sulfonamides is 1. The fourth-order valence-corrected chi connectivity index (χ4v) is 5.11. The van der Waals surface area contributed by atoms with Crippen molar-refractivity contribution in [2.75, 3.05) is 7.05 Å². The number of benzene rings is 2. The molecule has 0 spiro atoms. The van der Waals surface area contributed by atoms with Crippen molar-refractivity contribution in [1.29, 1.82) is 0 Å². The van der Waals surface area contributed by atoms with E-state index in [1.165, 1.54) is 22.9 Å². The van der Waals surface area contributed by atoms with Crippen molar-refractivity contribution < 1.29 is 13.2 Å². The van der Waals surface area contributed by atoms with Crippen LogP contribution in [0.3, 0.4) is 0 Å². The summed E-state index contributed by atoms with van der Waals surface area (Å²) < 4.78 is 27.3. The van der Waals surface area contributed by atoms with Gasteiger partial charge in [-0.15, -0.1) is 0 Å². The highest BCUT2D eigenvalue weighted by molar-refractivity contribution is 7.89. The Hall–Kier alpha value is -2.18. The SMILES string of the molecule is Cc1cccc(CNC(=O)c2ccc(S(=O)(=O)N(C)C3CCCCC3)cc2)c1. The van der Waals surface area contributed by atoms with Gasteiger partial charge in [-0.3, -0.25) is 4.79 Å². The molecule has 0 bridgehead atoms. The molecule has 150 valence electrons. The van der Waals surface area contributed by atoms with Gasteiger partial charge in [0.1, 0.15) is 0 Å². The number of rotatable bonds is 6. The summed E-state index contributed by atoms with van der Waals surface area (Å²) >= 11 is 0. The Kier molecular flexibility index (Phi) is 6.52. The van der Waals surface area contributed by atoms with E-state index in [0.29, 0.717) is 12.1 Å². The molecule has 1 aliphatic rings. The van der Waals surface area contributed by atoms with Crippen molar-refractivity contribution in [2.24, 2.45) is 0 Å². The molecule has 1 N–H and O–H groups in total. The number of carbonyl (C=O) groups is 1. The van der Waals surface area contributed by atoms with Gasteiger partial charge >= 0.3 is 0 Å². The quantitative estimate of drug-likeness (QED) is 0.800. The zero-order valence-corrected chi connectivity index (χ0v) is 17.3. The Morgan fingerprint density at radius 1 is 1.07 bits per heavy atom. The highest BCUT2D eigenvalue weighted by Crippen LogP contribution is 2.26. The van der Waals surface area contributed by atoms with E-state index in [2.05, 4.69) is 5.32 Å². The molecule has 0 radical (unpaired) electrons. The first-order valence-corrected chi connectivity index (χ1v) is 11.2. The Labute approximate surface area is 167 Å². The summed E-state index contributed by atoms with van der Waals surface area (Å²) in [4.78, 5) is 12.6. The zero-order valence-electron chi connectivity index (χ0n) is 16.5. The molecule has 0 saturated heterocycles. The van der Waals surface area contributed by atoms with Gasteiger partial charge in [-0.2, -0.15) is 4.31 Å². The molecule has 0 unspecified atom stereocenters. The van der Waals surface area contributed by atoms with Crippen molar-refractivity contribution in [3.05, 3.63) is 65.2 Å². The van der Waals surface area contributed by atoms with Crippen LogP contribution in [0.2, 0.25) is 0 Å². The largest absolute Gasteiger partial charge is 0.348 e. The van der Waals surface area contributed by atoms with Crippen LogP contribution in [-0.2, 0) is 16.6 Å². The number of hydrogen-bond donors (Lipinski definition) is 1. The van der Waals surface area contributed by atoms with Crippen molar-refractivity contribution in [2.45, 2.75) is 56.5 Å². The van der Waals surface area contributed by atoms with Gasteiger partial charge < -0.3 is 5.32 Å². The maximum Gasteiger partial charge on any atom is 0.251 e. The van der Waals surface area contributed by atoms with Crippen LogP contribution in [0.5, 0.6) is 0 Å². The predicted molar refractivity (Wildman–Crippen MR) is 111 cm³/mol. The third-order valence-electron chi connectivity index (χ3n) is 5.42. The molecule has 5 nitrogen and oxygen atoms in total. The van der Waals surface area contributed by atoms with Crippen molar-refractivity contribution in [3.63, 3.8) is 0 Å². The van der Waals surface area contributed by atoms with Crippen molar-refractivity contribution in [3.8, 4) is 0 Å². The fraction of sp³-hybridized carbons (Fsp3) is 0.409. The van der Waals surface area contributed by atoms with E-state index < -0.39 is 10.0 Å². The van der Waals surface area contributed by atoms with Gasteiger partial charge in [-0.05, 0) is 49.6 Å². The Morgan fingerprint density at radius 2 is 1.75 bits per heavy atom. The summed E-state index contributed by atoms with van der Waals surface area (Å²) in [5, 5.41) is 2.88. The molecule has 1 fully saturated rings. The van der Waals surface area contributed by atoms with Crippen molar-refractivity contribution >= 4 is 15.9 Å². The molecule has 28 heavy (non-hydrogen) atoms. The topological polar surface area (TPSA) is 66.5 Å². The first kappa shape index (κ1) is 20.6. The van der Waals surface area contributed by atoms with E-state index in [9.17, 15) is 13.2 Å². The molecule has 1 saturated carbocycles. The molecule has 1 amide bonds. The molecule has 0 aliphatic heterocycles. The molecule has 1 aliphatic carbocycles. The lowest BCUT2D eigenvalue weighted by atomic mass is 9.96. The maximum atomic E-state index is 12.9. The molecular weight excluding hydrogens is 372 g/mol. The highest BCUT2D eigenvalue weighted by atomic mass is 32.2. The van der Waals surface area contributed by atoms with E-state index in [-0.39, 0.29) is 16.8 Å². The summed E-state index contributed by atoms with van der Waals surface area (Å²) in [6.07, 6.45) is 5.15. The van der Waals surface area contributed by atoms with Gasteiger partial charge in [0.2, 0.25) is 10.0 Å². The Morgan fingerprint density at radius 3 is 2.39 bits per heavy atom. The lowest BCUT2D eigenvalue weighted by molar-refractivity contribution is 0.0951. The monoisotopic (exact) mass is 400 g/mol. The number of hydrogen-bond acceptors (Lipinski definition) is 3. The van der Waals surface area contributed by atoms with Crippen LogP contribution in [0.1, 0.15) is 53.6 Å². The standard InChI is InChI=1S/C22H28N2O3S/c1-17-7-6-8-18(15-17)16-23-22(25)19-11-13-21(14-12-19)28(26,27)24(2)20-9-4-3-5-10-20/h6-8,11-15,20H,3-5,9-10,16H2,1-2H3,(H,23,25). The van der Waals surface area contributed by atoms with E-state index in [1.807, 2.05) is 31.2 Å². The number of carbonyl (C=O) groups excluding carboxylic acids is 1. The first-order chi connectivity index (χ1) is 13.4. The third-order valence-corrected chi connectivity index (χ3v) is 7.34. The summed E-state index contributed by atoms with van der Waals surface area (Å²) in [7, 11) is -1.88. The van der Waals surface area contributed by atoms with Crippen molar-refractivity contribution in [1.82, 2.24) is 9.62 Å². The summed E-state index contributed by atoms with van der Waals surface area (Å²) in [6.45, 7) is 2.44. The molecule has 0 heterocycles. The molecule has 6 heteroatoms. The second-order valence-corrected chi connectivity index (χ2v) is 9.51. The third kappa shape index (κ3) is 4.80. The van der Waals surface area contributed by atoms with Crippen LogP contribution in [0.15, 0.2) is 53.4 Å². The van der Waals surface area contributed by atoms with Crippen LogP contribution in [0.4, 0.5) is 0 Å². The number of nitrogens with zero attached hydrogens (tertiary/aromatic N) is 1. The van der Waals surface area contributed by atoms with E-state index in [1.54, 1.807) is 19.2 Å². The highest BCUT2D eigenvalue weighted by Gasteiger charge is 2.29. The predicted octanol–water partition coefficient (Wildman–Crippen LogP) is 3.88. The van der Waals surface area contributed by atoms with Crippen LogP contribution < -0.4 is 5.32 Å². The lowest BCUT2D eigenvalue weighted by Gasteiger charge is -2.30. The van der Waals surface area contributed by atoms with Crippen LogP contribution >= 0.6 is 0 Å². The van der Waals surface area contributed by atoms with Gasteiger partial charge in [0.25, 0.3) is 5.91 Å². The minimum atomic E-state index is -3.54. The first-order valence-electron chi connectivity index (χ1n) is 9.80. The number of nitrogens with one attached hydrogen (secondary N) is 1. The summed E-state index contributed by atoms with van der Waals surface area (Å²) in [6, 6.07) is 14.2. The van der Waals surface area contributed by atoms with E-state index in [0.717, 1.165) is 36.8 Å². The van der Waals surface area contributed by atoms with Gasteiger partial charge in [0.15, 0.2) is 0 Å². The van der Waals surface area contributed by atoms with E-state index >= 15 is 0 Å². The minimum absolute atomic E-state index is 0.0658. The number of amides is 1. The zero-order chi connectivity index (χ0) is 20.1. The molecule has 2 aromatic carbocycles. The van der Waals surface area contributed by atoms with Crippen LogP contribution in [0.25, 0.3) is 0 Å². The molecule has 3 rings (SSSR count). The second kappa shape index (κ2) is 8.88. The summed E-state index contributed by atoms with van der Waals surface area (Å²) in [5.74, 6) is -0.217. The second-order valence-electron chi connectivity index (χ2n) is 7.51. The average molecular weight is 401 g/mol. The average Bonchev–Trinajstić information content (AvgIpc) is 2.72. The smallest absolute Gasteiger partial charge is 0.251 e. The van der Waals surface area contributed by atoms with E-state index in [4.69, 9.17) is 0 Å². The van der Waals surface area contributed by atoms with Gasteiger partial charge in [0, 0.05) is 25.2 Å². The molecular formula is C22H28N2O3S. The van der Waals surface area contributed by atoms with Crippen LogP contribution in [-0.4, -0.2) is 31.7 Å². The lowest BCUT2D eigenvalue weighted by Crippen LogP contribution is -2.38. The van der Waals surface area contributed by atoms with Gasteiger partial charge in [-0.25, -0.2) is 8.42 Å². The Balaban J connectivity index is 1.65. The fourth-order valence-electron chi connectivity index (χ4n) is 3.69. The minimum Gasteiger partial charge on any atom is -0.348 e. The van der Waals surface area contributed by atoms with Gasteiger partial charge in [-0.1, -0.05) is 49.1 Å². The normalized spacial score (nSPS) is 15.5. The molecule has 2 aromatic rings. The van der Waals surface area contributed by atoms with Gasteiger partial charge in [0.05, 0.1) is 4.90 Å². The summed E-state index contributed by atoms with van der Waals surface area (Å²) in [5.41, 5.74) is 2.62.